The van der Waals surface area contributed by atoms with Crippen molar-refractivity contribution in [2.24, 2.45) is 12.0 Å². The zero-order chi connectivity index (χ0) is 17.4. The normalized spacial score (nSPS) is 13.1. The molecule has 2 heterocycles. The van der Waals surface area contributed by atoms with Crippen molar-refractivity contribution in [2.75, 3.05) is 19.6 Å². The molecule has 0 saturated heterocycles. The summed E-state index contributed by atoms with van der Waals surface area (Å²) in [6.45, 7) is 3.90. The van der Waals surface area contributed by atoms with Gasteiger partial charge in [0.05, 0.1) is 17.1 Å². The first-order valence-electron chi connectivity index (χ1n) is 8.01. The summed E-state index contributed by atoms with van der Waals surface area (Å²) in [6, 6.07) is 3.62. The number of aliphatic hydroxyl groups excluding tert-OH is 1. The summed E-state index contributed by atoms with van der Waals surface area (Å²) in [6.07, 6.45) is 5.24. The SMILES string of the molecule is CCNC(=NCC(O)c1ccc(Cl)s1)NCCCc1cnn(C)c1. The number of aliphatic hydroxyl groups is 1. The fraction of sp³-hybridized carbons (Fsp3) is 0.500. The molecule has 2 aromatic heterocycles. The van der Waals surface area contributed by atoms with Crippen molar-refractivity contribution in [3.05, 3.63) is 39.3 Å². The third kappa shape index (κ3) is 6.14. The van der Waals surface area contributed by atoms with Gasteiger partial charge in [-0.05, 0) is 37.5 Å². The van der Waals surface area contributed by atoms with Gasteiger partial charge in [0.2, 0.25) is 0 Å². The summed E-state index contributed by atoms with van der Waals surface area (Å²) in [7, 11) is 1.92. The number of rotatable bonds is 8. The highest BCUT2D eigenvalue weighted by Crippen LogP contribution is 2.26. The van der Waals surface area contributed by atoms with Gasteiger partial charge in [-0.2, -0.15) is 5.10 Å². The van der Waals surface area contributed by atoms with E-state index in [1.165, 1.54) is 16.9 Å². The quantitative estimate of drug-likeness (QED) is 0.379. The van der Waals surface area contributed by atoms with Gasteiger partial charge in [-0.3, -0.25) is 9.67 Å². The lowest BCUT2D eigenvalue weighted by Gasteiger charge is -2.12. The monoisotopic (exact) mass is 369 g/mol. The number of halogens is 1. The number of thiophene rings is 1. The lowest BCUT2D eigenvalue weighted by molar-refractivity contribution is 0.191. The molecule has 1 unspecified atom stereocenters. The highest BCUT2D eigenvalue weighted by atomic mass is 35.5. The van der Waals surface area contributed by atoms with Crippen LogP contribution in [0.15, 0.2) is 29.5 Å². The summed E-state index contributed by atoms with van der Waals surface area (Å²) >= 11 is 7.27. The van der Waals surface area contributed by atoms with E-state index in [-0.39, 0.29) is 0 Å². The molecule has 8 heteroatoms. The summed E-state index contributed by atoms with van der Waals surface area (Å²) < 4.78 is 2.49. The minimum absolute atomic E-state index is 0.300. The predicted octanol–water partition coefficient (Wildman–Crippen LogP) is 2.36. The van der Waals surface area contributed by atoms with Crippen molar-refractivity contribution in [3.63, 3.8) is 0 Å². The number of nitrogens with one attached hydrogen (secondary N) is 2. The highest BCUT2D eigenvalue weighted by Gasteiger charge is 2.10. The van der Waals surface area contributed by atoms with Crippen molar-refractivity contribution in [3.8, 4) is 0 Å². The Hall–Kier alpha value is -1.57. The van der Waals surface area contributed by atoms with Crippen LogP contribution in [0.5, 0.6) is 0 Å². The second kappa shape index (κ2) is 9.66. The lowest BCUT2D eigenvalue weighted by Crippen LogP contribution is -2.38. The molecule has 132 valence electrons. The van der Waals surface area contributed by atoms with Gasteiger partial charge in [0, 0.05) is 31.2 Å². The van der Waals surface area contributed by atoms with Crippen LogP contribution in [-0.4, -0.2) is 40.5 Å². The molecular weight excluding hydrogens is 346 g/mol. The van der Waals surface area contributed by atoms with Gasteiger partial charge in [0.1, 0.15) is 6.10 Å². The number of hydrogen-bond acceptors (Lipinski definition) is 4. The van der Waals surface area contributed by atoms with Crippen molar-refractivity contribution >= 4 is 28.9 Å². The minimum Gasteiger partial charge on any atom is -0.386 e. The first kappa shape index (κ1) is 18.8. The summed E-state index contributed by atoms with van der Waals surface area (Å²) in [5.41, 5.74) is 1.23. The summed E-state index contributed by atoms with van der Waals surface area (Å²) in [5, 5.41) is 20.8. The Labute approximate surface area is 151 Å². The second-order valence-electron chi connectivity index (χ2n) is 5.43. The zero-order valence-electron chi connectivity index (χ0n) is 14.0. The van der Waals surface area contributed by atoms with E-state index in [2.05, 4.69) is 20.7 Å². The van der Waals surface area contributed by atoms with Crippen molar-refractivity contribution in [2.45, 2.75) is 25.9 Å². The largest absolute Gasteiger partial charge is 0.386 e. The lowest BCUT2D eigenvalue weighted by atomic mass is 10.2. The summed E-state index contributed by atoms with van der Waals surface area (Å²) in [5.74, 6) is 0.713. The molecule has 6 nitrogen and oxygen atoms in total. The standard InChI is InChI=1S/C16H24ClN5OS/c1-3-18-16(19-8-4-5-12-9-21-22(2)11-12)20-10-13(23)14-6-7-15(17)24-14/h6-7,9,11,13,23H,3-5,8,10H2,1-2H3,(H2,18,19,20). The van der Waals surface area contributed by atoms with Crippen LogP contribution in [0.3, 0.4) is 0 Å². The molecule has 0 aliphatic carbocycles. The van der Waals surface area contributed by atoms with Gasteiger partial charge in [0.15, 0.2) is 5.96 Å². The maximum atomic E-state index is 10.2. The Balaban J connectivity index is 1.77. The molecule has 0 aliphatic rings. The number of aryl methyl sites for hydroxylation is 2. The fourth-order valence-electron chi connectivity index (χ4n) is 2.22. The van der Waals surface area contributed by atoms with E-state index >= 15 is 0 Å². The zero-order valence-corrected chi connectivity index (χ0v) is 15.6. The Morgan fingerprint density at radius 3 is 2.92 bits per heavy atom. The first-order chi connectivity index (χ1) is 11.6. The van der Waals surface area contributed by atoms with E-state index in [4.69, 9.17) is 11.6 Å². The second-order valence-corrected chi connectivity index (χ2v) is 7.18. The molecule has 24 heavy (non-hydrogen) atoms. The predicted molar refractivity (Wildman–Crippen MR) is 99.8 cm³/mol. The van der Waals surface area contributed by atoms with Crippen LogP contribution in [-0.2, 0) is 13.5 Å². The molecular formula is C16H24ClN5OS. The molecule has 0 spiro atoms. The van der Waals surface area contributed by atoms with Crippen LogP contribution >= 0.6 is 22.9 Å². The van der Waals surface area contributed by atoms with E-state index in [9.17, 15) is 5.11 Å². The van der Waals surface area contributed by atoms with Crippen LogP contribution in [0.2, 0.25) is 4.34 Å². The molecule has 3 N–H and O–H groups in total. The van der Waals surface area contributed by atoms with Gasteiger partial charge >= 0.3 is 0 Å². The van der Waals surface area contributed by atoms with Gasteiger partial charge in [-0.15, -0.1) is 11.3 Å². The first-order valence-corrected chi connectivity index (χ1v) is 9.21. The molecule has 0 aromatic carbocycles. The minimum atomic E-state index is -0.631. The third-order valence-corrected chi connectivity index (χ3v) is 4.71. The third-order valence-electron chi connectivity index (χ3n) is 3.38. The Kier molecular flexibility index (Phi) is 7.55. The highest BCUT2D eigenvalue weighted by molar-refractivity contribution is 7.16. The molecule has 0 saturated carbocycles. The van der Waals surface area contributed by atoms with Crippen molar-refractivity contribution in [1.82, 2.24) is 20.4 Å². The molecule has 0 aliphatic heterocycles. The number of aromatic nitrogens is 2. The van der Waals surface area contributed by atoms with Gasteiger partial charge < -0.3 is 15.7 Å². The summed E-state index contributed by atoms with van der Waals surface area (Å²) in [4.78, 5) is 5.27. The van der Waals surface area contributed by atoms with Gasteiger partial charge in [0.25, 0.3) is 0 Å². The molecule has 0 bridgehead atoms. The number of aliphatic imine (C=N–C) groups is 1. The van der Waals surface area contributed by atoms with E-state index in [1.54, 1.807) is 6.07 Å². The van der Waals surface area contributed by atoms with E-state index in [0.717, 1.165) is 30.8 Å². The number of nitrogens with zero attached hydrogens (tertiary/aromatic N) is 3. The Morgan fingerprint density at radius 1 is 1.46 bits per heavy atom. The number of hydrogen-bond donors (Lipinski definition) is 3. The molecule has 1 atom stereocenters. The van der Waals surface area contributed by atoms with Crippen LogP contribution in [0.4, 0.5) is 0 Å². The van der Waals surface area contributed by atoms with Crippen molar-refractivity contribution < 1.29 is 5.11 Å². The fourth-order valence-corrected chi connectivity index (χ4v) is 3.26. The number of guanidine groups is 1. The maximum absolute atomic E-state index is 10.2. The topological polar surface area (TPSA) is 74.5 Å². The molecule has 0 amide bonds. The Bertz CT molecular complexity index is 654. The molecule has 0 radical (unpaired) electrons. The average molecular weight is 370 g/mol. The maximum Gasteiger partial charge on any atom is 0.191 e. The van der Waals surface area contributed by atoms with Crippen LogP contribution in [0, 0.1) is 0 Å². The van der Waals surface area contributed by atoms with Crippen molar-refractivity contribution in [1.29, 1.82) is 0 Å². The average Bonchev–Trinajstić information content (AvgIpc) is 3.17. The molecule has 2 rings (SSSR count). The van der Waals surface area contributed by atoms with Crippen LogP contribution in [0.25, 0.3) is 0 Å². The van der Waals surface area contributed by atoms with Crippen LogP contribution in [0.1, 0.15) is 29.9 Å². The van der Waals surface area contributed by atoms with E-state index in [1.807, 2.05) is 37.1 Å². The smallest absolute Gasteiger partial charge is 0.191 e. The molecule has 2 aromatic rings. The van der Waals surface area contributed by atoms with Gasteiger partial charge in [-0.1, -0.05) is 11.6 Å². The van der Waals surface area contributed by atoms with Gasteiger partial charge in [-0.25, -0.2) is 0 Å². The Morgan fingerprint density at radius 2 is 2.29 bits per heavy atom. The molecule has 0 fully saturated rings. The van der Waals surface area contributed by atoms with Crippen LogP contribution < -0.4 is 10.6 Å². The van der Waals surface area contributed by atoms with E-state index < -0.39 is 6.10 Å². The van der Waals surface area contributed by atoms with E-state index in [0.29, 0.717) is 16.8 Å².